The summed E-state index contributed by atoms with van der Waals surface area (Å²) in [5.74, 6) is -0.208. The maximum Gasteiger partial charge on any atom is 0.270 e. The number of aliphatic imine (C=N–C) groups is 1. The zero-order valence-electron chi connectivity index (χ0n) is 16.5. The van der Waals surface area contributed by atoms with E-state index in [1.807, 2.05) is 58.0 Å². The smallest absolute Gasteiger partial charge is 0.270 e. The molecule has 1 aliphatic rings. The summed E-state index contributed by atoms with van der Waals surface area (Å²) in [5, 5.41) is 0.743. The second-order valence-electron chi connectivity index (χ2n) is 6.39. The third kappa shape index (κ3) is 3.89. The SMILES string of the molecule is CCN=C1S/C(=C\c2cc(C)n(NC(=O)c3ccccc3)c2C)C(=O)N1CC. The number of carbonyl (C=O) groups excluding carboxylic acids is 2. The molecule has 2 amide bonds. The molecule has 1 aliphatic heterocycles. The first-order valence-corrected chi connectivity index (χ1v) is 10.1. The number of rotatable bonds is 5. The highest BCUT2D eigenvalue weighted by Crippen LogP contribution is 2.33. The number of thioether (sulfide) groups is 1. The molecule has 0 spiro atoms. The van der Waals surface area contributed by atoms with E-state index < -0.39 is 0 Å². The zero-order valence-corrected chi connectivity index (χ0v) is 17.3. The van der Waals surface area contributed by atoms with Crippen LogP contribution in [0.4, 0.5) is 0 Å². The standard InChI is InChI=1S/C21H24N4O2S/c1-5-22-21-24(6-2)20(27)18(28-21)13-17-12-14(3)25(15(17)4)23-19(26)16-10-8-7-9-11-16/h7-13H,5-6H2,1-4H3,(H,23,26)/b18-13-,22-21?. The van der Waals surface area contributed by atoms with Gasteiger partial charge in [0.15, 0.2) is 5.17 Å². The van der Waals surface area contributed by atoms with Gasteiger partial charge in [-0.1, -0.05) is 18.2 Å². The Labute approximate surface area is 169 Å². The minimum absolute atomic E-state index is 0.0298. The van der Waals surface area contributed by atoms with Gasteiger partial charge in [0.05, 0.1) is 4.91 Å². The van der Waals surface area contributed by atoms with Gasteiger partial charge in [0, 0.05) is 30.0 Å². The van der Waals surface area contributed by atoms with Crippen LogP contribution in [0.15, 0.2) is 46.3 Å². The Kier molecular flexibility index (Phi) is 6.04. The van der Waals surface area contributed by atoms with Crippen LogP contribution in [0.25, 0.3) is 6.08 Å². The van der Waals surface area contributed by atoms with Crippen LogP contribution in [-0.4, -0.2) is 39.6 Å². The van der Waals surface area contributed by atoms with Gasteiger partial charge in [0.2, 0.25) is 0 Å². The Bertz CT molecular complexity index is 960. The molecule has 28 heavy (non-hydrogen) atoms. The van der Waals surface area contributed by atoms with E-state index in [-0.39, 0.29) is 11.8 Å². The zero-order chi connectivity index (χ0) is 20.3. The van der Waals surface area contributed by atoms with Crippen molar-refractivity contribution in [1.82, 2.24) is 9.58 Å². The molecule has 146 valence electrons. The molecule has 2 aromatic rings. The quantitative estimate of drug-likeness (QED) is 0.782. The van der Waals surface area contributed by atoms with Gasteiger partial charge in [0.1, 0.15) is 0 Å². The van der Waals surface area contributed by atoms with Crippen LogP contribution in [0, 0.1) is 13.8 Å². The van der Waals surface area contributed by atoms with E-state index in [0.717, 1.165) is 22.1 Å². The maximum absolute atomic E-state index is 12.7. The lowest BCUT2D eigenvalue weighted by Crippen LogP contribution is -2.28. The normalized spacial score (nSPS) is 17.0. The summed E-state index contributed by atoms with van der Waals surface area (Å²) >= 11 is 1.40. The number of likely N-dealkylation sites (N-methyl/N-ethyl adjacent to an activating group) is 1. The number of amidine groups is 1. The van der Waals surface area contributed by atoms with Crippen molar-refractivity contribution < 1.29 is 9.59 Å². The molecule has 7 heteroatoms. The van der Waals surface area contributed by atoms with Crippen molar-refractivity contribution in [2.75, 3.05) is 18.5 Å². The largest absolute Gasteiger partial charge is 0.287 e. The minimum Gasteiger partial charge on any atom is -0.287 e. The van der Waals surface area contributed by atoms with E-state index in [9.17, 15) is 9.59 Å². The summed E-state index contributed by atoms with van der Waals surface area (Å²) in [6.07, 6.45) is 1.88. The van der Waals surface area contributed by atoms with E-state index in [2.05, 4.69) is 10.4 Å². The van der Waals surface area contributed by atoms with Gasteiger partial charge in [-0.25, -0.2) is 0 Å². The molecular formula is C21H24N4O2S. The molecule has 1 fully saturated rings. The fraction of sp³-hybridized carbons (Fsp3) is 0.286. The number of carbonyl (C=O) groups is 2. The van der Waals surface area contributed by atoms with Crippen molar-refractivity contribution in [2.45, 2.75) is 27.7 Å². The Morgan fingerprint density at radius 3 is 2.57 bits per heavy atom. The van der Waals surface area contributed by atoms with Gasteiger partial charge < -0.3 is 0 Å². The predicted molar refractivity (Wildman–Crippen MR) is 115 cm³/mol. The number of benzene rings is 1. The van der Waals surface area contributed by atoms with Crippen molar-refractivity contribution >= 4 is 34.8 Å². The fourth-order valence-corrected chi connectivity index (χ4v) is 4.14. The Morgan fingerprint density at radius 2 is 1.93 bits per heavy atom. The highest BCUT2D eigenvalue weighted by molar-refractivity contribution is 8.18. The molecule has 1 aromatic heterocycles. The number of nitrogens with zero attached hydrogens (tertiary/aromatic N) is 3. The van der Waals surface area contributed by atoms with Gasteiger partial charge in [0.25, 0.3) is 11.8 Å². The molecule has 1 saturated heterocycles. The topological polar surface area (TPSA) is 66.7 Å². The third-order valence-corrected chi connectivity index (χ3v) is 5.55. The number of nitrogens with one attached hydrogen (secondary N) is 1. The van der Waals surface area contributed by atoms with Crippen molar-refractivity contribution in [3.05, 3.63) is 63.8 Å². The molecule has 0 unspecified atom stereocenters. The summed E-state index contributed by atoms with van der Waals surface area (Å²) in [6.45, 7) is 8.97. The van der Waals surface area contributed by atoms with E-state index in [1.54, 1.807) is 21.7 Å². The third-order valence-electron chi connectivity index (χ3n) is 4.50. The summed E-state index contributed by atoms with van der Waals surface area (Å²) < 4.78 is 1.75. The van der Waals surface area contributed by atoms with Gasteiger partial charge in [-0.15, -0.1) is 0 Å². The van der Waals surface area contributed by atoms with Crippen LogP contribution in [-0.2, 0) is 4.79 Å². The van der Waals surface area contributed by atoms with Crippen LogP contribution in [0.2, 0.25) is 0 Å². The molecule has 6 nitrogen and oxygen atoms in total. The lowest BCUT2D eigenvalue weighted by molar-refractivity contribution is -0.122. The molecule has 0 aliphatic carbocycles. The molecule has 3 rings (SSSR count). The van der Waals surface area contributed by atoms with Gasteiger partial charge in [-0.05, 0) is 69.3 Å². The van der Waals surface area contributed by atoms with Crippen molar-refractivity contribution in [3.8, 4) is 0 Å². The molecule has 1 N–H and O–H groups in total. The lowest BCUT2D eigenvalue weighted by atomic mass is 10.2. The Balaban J connectivity index is 1.88. The highest BCUT2D eigenvalue weighted by Gasteiger charge is 2.32. The average molecular weight is 397 g/mol. The monoisotopic (exact) mass is 396 g/mol. The molecule has 0 radical (unpaired) electrons. The number of aryl methyl sites for hydroxylation is 1. The van der Waals surface area contributed by atoms with Crippen molar-refractivity contribution in [1.29, 1.82) is 0 Å². The van der Waals surface area contributed by atoms with E-state index >= 15 is 0 Å². The van der Waals surface area contributed by atoms with E-state index in [0.29, 0.717) is 23.6 Å². The second kappa shape index (κ2) is 8.48. The predicted octanol–water partition coefficient (Wildman–Crippen LogP) is 3.80. The number of amides is 2. The first-order chi connectivity index (χ1) is 13.5. The first kappa shape index (κ1) is 19.9. The Morgan fingerprint density at radius 1 is 1.21 bits per heavy atom. The van der Waals surface area contributed by atoms with Crippen LogP contribution in [0.5, 0.6) is 0 Å². The molecule has 0 atom stereocenters. The van der Waals surface area contributed by atoms with Gasteiger partial charge in [-0.3, -0.25) is 29.6 Å². The summed E-state index contributed by atoms with van der Waals surface area (Å²) in [6, 6.07) is 11.0. The van der Waals surface area contributed by atoms with Crippen LogP contribution >= 0.6 is 11.8 Å². The fourth-order valence-electron chi connectivity index (χ4n) is 3.04. The Hall–Kier alpha value is -2.80. The van der Waals surface area contributed by atoms with E-state index in [4.69, 9.17) is 0 Å². The lowest BCUT2D eigenvalue weighted by Gasteiger charge is -2.11. The molecular weight excluding hydrogens is 372 g/mol. The number of hydrogen-bond donors (Lipinski definition) is 1. The maximum atomic E-state index is 12.7. The van der Waals surface area contributed by atoms with Gasteiger partial charge >= 0.3 is 0 Å². The number of aromatic nitrogens is 1. The van der Waals surface area contributed by atoms with Gasteiger partial charge in [-0.2, -0.15) is 0 Å². The summed E-state index contributed by atoms with van der Waals surface area (Å²) in [4.78, 5) is 31.9. The first-order valence-electron chi connectivity index (χ1n) is 9.27. The highest BCUT2D eigenvalue weighted by atomic mass is 32.2. The minimum atomic E-state index is -0.178. The molecule has 0 bridgehead atoms. The van der Waals surface area contributed by atoms with Crippen LogP contribution in [0.1, 0.15) is 41.2 Å². The molecule has 1 aromatic carbocycles. The van der Waals surface area contributed by atoms with Crippen LogP contribution < -0.4 is 5.43 Å². The average Bonchev–Trinajstić information content (AvgIpc) is 3.13. The van der Waals surface area contributed by atoms with E-state index in [1.165, 1.54) is 11.8 Å². The van der Waals surface area contributed by atoms with Crippen molar-refractivity contribution in [2.24, 2.45) is 4.99 Å². The molecule has 0 saturated carbocycles. The van der Waals surface area contributed by atoms with Crippen molar-refractivity contribution in [3.63, 3.8) is 0 Å². The second-order valence-corrected chi connectivity index (χ2v) is 7.39. The summed E-state index contributed by atoms with van der Waals surface area (Å²) in [5.41, 5.74) is 6.17. The molecule has 2 heterocycles. The summed E-state index contributed by atoms with van der Waals surface area (Å²) in [7, 11) is 0. The number of hydrogen-bond acceptors (Lipinski definition) is 4. The van der Waals surface area contributed by atoms with Crippen LogP contribution in [0.3, 0.4) is 0 Å².